The van der Waals surface area contributed by atoms with Crippen LogP contribution in [0.3, 0.4) is 0 Å². The van der Waals surface area contributed by atoms with Gasteiger partial charge in [-0.2, -0.15) is 0 Å². The second-order valence-electron chi connectivity index (χ2n) is 9.02. The molecule has 0 unspecified atom stereocenters. The molecule has 3 heterocycles. The van der Waals surface area contributed by atoms with E-state index in [1.807, 2.05) is 6.92 Å². The van der Waals surface area contributed by atoms with E-state index in [9.17, 15) is 4.79 Å². The Kier molecular flexibility index (Phi) is 5.19. The number of allylic oxidation sites excluding steroid dienone is 1. The Bertz CT molecular complexity index is 677. The Labute approximate surface area is 167 Å². The van der Waals surface area contributed by atoms with E-state index < -0.39 is 0 Å². The Morgan fingerprint density at radius 1 is 1.32 bits per heavy atom. The van der Waals surface area contributed by atoms with Gasteiger partial charge in [0.2, 0.25) is 0 Å². The monoisotopic (exact) mass is 392 g/mol. The van der Waals surface area contributed by atoms with Crippen molar-refractivity contribution >= 4 is 5.97 Å². The normalized spacial score (nSPS) is 46.5. The number of hydrogen-bond donors (Lipinski definition) is 0. The zero-order valence-corrected chi connectivity index (χ0v) is 17.5. The van der Waals surface area contributed by atoms with Gasteiger partial charge < -0.3 is 23.7 Å². The van der Waals surface area contributed by atoms with Crippen LogP contribution in [-0.4, -0.2) is 61.4 Å². The lowest BCUT2D eigenvalue weighted by atomic mass is 9.68. The van der Waals surface area contributed by atoms with Crippen molar-refractivity contribution in [2.45, 2.75) is 88.7 Å². The molecule has 3 saturated heterocycles. The molecule has 4 aliphatic rings. The van der Waals surface area contributed by atoms with E-state index in [4.69, 9.17) is 23.7 Å². The number of epoxide rings is 3. The summed E-state index contributed by atoms with van der Waals surface area (Å²) in [5.41, 5.74) is 0.765. The van der Waals surface area contributed by atoms with Crippen molar-refractivity contribution in [3.63, 3.8) is 0 Å². The molecule has 0 aromatic carbocycles. The maximum absolute atomic E-state index is 12.3. The summed E-state index contributed by atoms with van der Waals surface area (Å²) in [6.45, 7) is 9.04. The molecule has 0 amide bonds. The van der Waals surface area contributed by atoms with Crippen LogP contribution in [0.15, 0.2) is 23.8 Å². The van der Waals surface area contributed by atoms with Crippen molar-refractivity contribution < 1.29 is 28.5 Å². The summed E-state index contributed by atoms with van der Waals surface area (Å²) >= 11 is 0. The first kappa shape index (κ1) is 20.1. The molecule has 156 valence electrons. The van der Waals surface area contributed by atoms with Crippen molar-refractivity contribution in [2.75, 3.05) is 13.7 Å². The summed E-state index contributed by atoms with van der Waals surface area (Å²) < 4.78 is 29.1. The molecule has 1 saturated carbocycles. The van der Waals surface area contributed by atoms with Crippen LogP contribution in [0.2, 0.25) is 0 Å². The van der Waals surface area contributed by atoms with Gasteiger partial charge in [0, 0.05) is 13.2 Å². The maximum atomic E-state index is 12.3. The first-order valence-electron chi connectivity index (χ1n) is 10.3. The van der Waals surface area contributed by atoms with Gasteiger partial charge in [-0.3, -0.25) is 0 Å². The summed E-state index contributed by atoms with van der Waals surface area (Å²) in [6, 6.07) is 0. The topological polar surface area (TPSA) is 73.1 Å². The van der Waals surface area contributed by atoms with Crippen LogP contribution in [0.1, 0.15) is 47.0 Å². The highest BCUT2D eigenvalue weighted by atomic mass is 16.6. The van der Waals surface area contributed by atoms with Gasteiger partial charge in [0.05, 0.1) is 24.7 Å². The molecule has 0 N–H and O–H groups in total. The number of rotatable bonds is 7. The van der Waals surface area contributed by atoms with Crippen LogP contribution in [0.5, 0.6) is 0 Å². The van der Waals surface area contributed by atoms with Crippen molar-refractivity contribution in [2.24, 2.45) is 5.92 Å². The molecule has 3 aliphatic heterocycles. The molecular weight excluding hydrogens is 360 g/mol. The Hall–Kier alpha value is -1.21. The smallest absolute Gasteiger partial charge is 0.330 e. The standard InChI is InChI=1S/C22H32O6/c1-13(2)6-8-17-21(4,28-17)20-19(24-5)16(10-11-22(20)12-25-22)27-18(23)9-7-15-14(3)26-15/h6-7,9,14-17,19-20H,8,10-12H2,1-5H3/b9-7+/t14-,15-,16-,17-,19-,20-,21+,22+/m1/s1. The molecule has 6 nitrogen and oxygen atoms in total. The first-order chi connectivity index (χ1) is 13.3. The Morgan fingerprint density at radius 2 is 2.04 bits per heavy atom. The molecule has 8 atom stereocenters. The third kappa shape index (κ3) is 3.80. The zero-order valence-electron chi connectivity index (χ0n) is 17.5. The van der Waals surface area contributed by atoms with Gasteiger partial charge in [-0.05, 0) is 53.0 Å². The average Bonchev–Trinajstić information content (AvgIpc) is 3.57. The number of esters is 1. The Morgan fingerprint density at radius 3 is 2.61 bits per heavy atom. The van der Waals surface area contributed by atoms with E-state index in [2.05, 4.69) is 26.8 Å². The van der Waals surface area contributed by atoms with Gasteiger partial charge >= 0.3 is 5.97 Å². The number of carbonyl (C=O) groups is 1. The van der Waals surface area contributed by atoms with Crippen molar-refractivity contribution in [3.05, 3.63) is 23.8 Å². The van der Waals surface area contributed by atoms with Crippen LogP contribution in [-0.2, 0) is 28.5 Å². The lowest BCUT2D eigenvalue weighted by Gasteiger charge is -2.42. The van der Waals surface area contributed by atoms with E-state index in [0.29, 0.717) is 0 Å². The van der Waals surface area contributed by atoms with Gasteiger partial charge in [-0.1, -0.05) is 11.6 Å². The molecule has 1 aliphatic carbocycles. The highest BCUT2D eigenvalue weighted by molar-refractivity contribution is 5.82. The molecule has 0 bridgehead atoms. The second-order valence-corrected chi connectivity index (χ2v) is 9.02. The minimum absolute atomic E-state index is 0.0302. The summed E-state index contributed by atoms with van der Waals surface area (Å²) in [6.07, 6.45) is 7.75. The summed E-state index contributed by atoms with van der Waals surface area (Å²) in [7, 11) is 1.69. The number of methoxy groups -OCH3 is 1. The first-order valence-corrected chi connectivity index (χ1v) is 10.3. The number of ether oxygens (including phenoxy) is 5. The fourth-order valence-corrected chi connectivity index (χ4v) is 4.84. The average molecular weight is 392 g/mol. The molecule has 1 spiro atoms. The van der Waals surface area contributed by atoms with E-state index in [-0.39, 0.29) is 53.6 Å². The van der Waals surface area contributed by atoms with Gasteiger partial charge in [0.15, 0.2) is 0 Å². The predicted octanol–water partition coefficient (Wildman–Crippen LogP) is 2.95. The van der Waals surface area contributed by atoms with Crippen LogP contribution in [0, 0.1) is 5.92 Å². The zero-order chi connectivity index (χ0) is 20.1. The van der Waals surface area contributed by atoms with E-state index in [0.717, 1.165) is 25.9 Å². The molecule has 0 aromatic heterocycles. The van der Waals surface area contributed by atoms with Crippen molar-refractivity contribution in [3.8, 4) is 0 Å². The highest BCUT2D eigenvalue weighted by Crippen LogP contribution is 2.59. The van der Waals surface area contributed by atoms with Crippen molar-refractivity contribution in [1.29, 1.82) is 0 Å². The largest absolute Gasteiger partial charge is 0.456 e. The Balaban J connectivity index is 1.45. The van der Waals surface area contributed by atoms with E-state index >= 15 is 0 Å². The van der Waals surface area contributed by atoms with Crippen molar-refractivity contribution in [1.82, 2.24) is 0 Å². The SMILES string of the molecule is CO[C@@H]1[C@H](OC(=O)/C=C/[C@H]2O[C@@H]2C)CC[C@]2(CO2)[C@H]1[C@@]1(C)O[C@@H]1CC=C(C)C. The van der Waals surface area contributed by atoms with Crippen LogP contribution in [0.25, 0.3) is 0 Å². The van der Waals surface area contributed by atoms with Crippen LogP contribution >= 0.6 is 0 Å². The molecule has 6 heteroatoms. The molecular formula is C22H32O6. The summed E-state index contributed by atoms with van der Waals surface area (Å²) in [4.78, 5) is 12.3. The molecule has 0 radical (unpaired) electrons. The van der Waals surface area contributed by atoms with Crippen LogP contribution in [0.4, 0.5) is 0 Å². The van der Waals surface area contributed by atoms with Gasteiger partial charge in [0.25, 0.3) is 0 Å². The quantitative estimate of drug-likeness (QED) is 0.287. The minimum Gasteiger partial charge on any atom is -0.456 e. The lowest BCUT2D eigenvalue weighted by Crippen LogP contribution is -2.55. The predicted molar refractivity (Wildman–Crippen MR) is 103 cm³/mol. The summed E-state index contributed by atoms with van der Waals surface area (Å²) in [5, 5.41) is 0. The molecule has 0 aromatic rings. The fourth-order valence-electron chi connectivity index (χ4n) is 4.84. The fraction of sp³-hybridized carbons (Fsp3) is 0.773. The van der Waals surface area contributed by atoms with Crippen LogP contribution < -0.4 is 0 Å². The maximum Gasteiger partial charge on any atom is 0.330 e. The van der Waals surface area contributed by atoms with Gasteiger partial charge in [-0.25, -0.2) is 4.79 Å². The third-order valence-electron chi connectivity index (χ3n) is 6.68. The highest BCUT2D eigenvalue weighted by Gasteiger charge is 2.72. The van der Waals surface area contributed by atoms with E-state index in [1.54, 1.807) is 13.2 Å². The molecule has 4 rings (SSSR count). The number of carbonyl (C=O) groups excluding carboxylic acids is 1. The number of hydrogen-bond acceptors (Lipinski definition) is 6. The summed E-state index contributed by atoms with van der Waals surface area (Å²) in [5.74, 6) is -0.299. The lowest BCUT2D eigenvalue weighted by molar-refractivity contribution is -0.166. The van der Waals surface area contributed by atoms with Gasteiger partial charge in [-0.15, -0.1) is 0 Å². The van der Waals surface area contributed by atoms with E-state index in [1.165, 1.54) is 11.6 Å². The second kappa shape index (κ2) is 7.24. The minimum atomic E-state index is -0.343. The third-order valence-corrected chi connectivity index (χ3v) is 6.68. The molecule has 4 fully saturated rings. The molecule has 28 heavy (non-hydrogen) atoms. The van der Waals surface area contributed by atoms with Gasteiger partial charge in [0.1, 0.15) is 29.5 Å².